The van der Waals surface area contributed by atoms with Gasteiger partial charge in [0.25, 0.3) is 11.1 Å². The van der Waals surface area contributed by atoms with Crippen LogP contribution in [0.1, 0.15) is 18.1 Å². The highest BCUT2D eigenvalue weighted by molar-refractivity contribution is 14.1. The number of carbonyl (C=O) groups is 1. The molecule has 0 unspecified atom stereocenters. The van der Waals surface area contributed by atoms with E-state index in [1.165, 1.54) is 35.4 Å². The van der Waals surface area contributed by atoms with E-state index in [0.717, 1.165) is 4.57 Å². The molecule has 0 saturated carbocycles. The number of hydrogen-bond donors (Lipinski definition) is 2. The molecule has 0 atom stereocenters. The molecule has 220 valence electrons. The Bertz CT molecular complexity index is 2050. The average molecular weight is 695 g/mol. The van der Waals surface area contributed by atoms with Crippen LogP contribution < -0.4 is 32.2 Å². The third-order valence-electron chi connectivity index (χ3n) is 6.87. The van der Waals surface area contributed by atoms with Crippen LogP contribution in [0.25, 0.3) is 16.6 Å². The third kappa shape index (κ3) is 6.09. The molecule has 2 heterocycles. The zero-order chi connectivity index (χ0) is 30.8. The van der Waals surface area contributed by atoms with Gasteiger partial charge in [-0.05, 0) is 76.7 Å². The number of amides is 1. The van der Waals surface area contributed by atoms with Gasteiger partial charge in [-0.1, -0.05) is 18.2 Å². The van der Waals surface area contributed by atoms with Crippen LogP contribution in [0, 0.1) is 9.39 Å². The maximum Gasteiger partial charge on any atom is 0.336 e. The number of anilines is 2. The monoisotopic (exact) mass is 695 g/mol. The molecule has 0 aliphatic rings. The van der Waals surface area contributed by atoms with Crippen LogP contribution in [0.4, 0.5) is 15.8 Å². The minimum absolute atomic E-state index is 0.0483. The van der Waals surface area contributed by atoms with Crippen LogP contribution in [0.5, 0.6) is 5.75 Å². The molecule has 12 heteroatoms. The quantitative estimate of drug-likeness (QED) is 0.235. The summed E-state index contributed by atoms with van der Waals surface area (Å²) in [4.78, 5) is 53.4. The molecule has 0 aliphatic carbocycles. The zero-order valence-corrected chi connectivity index (χ0v) is 25.6. The lowest BCUT2D eigenvalue weighted by Crippen LogP contribution is -2.41. The molecule has 0 saturated heterocycles. The van der Waals surface area contributed by atoms with E-state index in [1.807, 2.05) is 22.6 Å². The highest BCUT2D eigenvalue weighted by Crippen LogP contribution is 2.22. The SMILES string of the molecule is COc1ccc(Cn2c(=O)c3cn(C)c(=O)c(CNc4ccc(I)cc4F)c3n(-c3cccc(NC(C)=O)c3)c2=O)cc1. The van der Waals surface area contributed by atoms with Gasteiger partial charge in [-0.2, -0.15) is 0 Å². The Morgan fingerprint density at radius 2 is 1.74 bits per heavy atom. The largest absolute Gasteiger partial charge is 0.497 e. The van der Waals surface area contributed by atoms with Crippen molar-refractivity contribution in [3.8, 4) is 11.4 Å². The molecule has 0 fully saturated rings. The van der Waals surface area contributed by atoms with Crippen LogP contribution in [-0.2, 0) is 24.9 Å². The molecule has 0 radical (unpaired) electrons. The first-order valence-electron chi connectivity index (χ1n) is 13.2. The number of ether oxygens (including phenoxy) is 1. The van der Waals surface area contributed by atoms with E-state index in [-0.39, 0.29) is 41.2 Å². The van der Waals surface area contributed by atoms with Crippen molar-refractivity contribution in [2.24, 2.45) is 7.05 Å². The summed E-state index contributed by atoms with van der Waals surface area (Å²) in [5.74, 6) is -0.193. The van der Waals surface area contributed by atoms with E-state index in [4.69, 9.17) is 4.74 Å². The van der Waals surface area contributed by atoms with Crippen molar-refractivity contribution in [2.45, 2.75) is 20.0 Å². The minimum atomic E-state index is -0.691. The normalized spacial score (nSPS) is 11.0. The van der Waals surface area contributed by atoms with Crippen molar-refractivity contribution >= 4 is 50.8 Å². The number of pyridine rings is 1. The highest BCUT2D eigenvalue weighted by Gasteiger charge is 2.21. The van der Waals surface area contributed by atoms with Crippen molar-refractivity contribution < 1.29 is 13.9 Å². The lowest BCUT2D eigenvalue weighted by atomic mass is 10.1. The fourth-order valence-corrected chi connectivity index (χ4v) is 5.30. The van der Waals surface area contributed by atoms with Gasteiger partial charge in [0.05, 0.1) is 41.5 Å². The topological polar surface area (TPSA) is 116 Å². The van der Waals surface area contributed by atoms with Crippen molar-refractivity contribution in [3.63, 3.8) is 0 Å². The summed E-state index contributed by atoms with van der Waals surface area (Å²) in [6.07, 6.45) is 1.40. The van der Waals surface area contributed by atoms with E-state index >= 15 is 0 Å². The molecule has 0 spiro atoms. The molecule has 5 aromatic rings. The van der Waals surface area contributed by atoms with Crippen LogP contribution in [-0.4, -0.2) is 26.7 Å². The zero-order valence-electron chi connectivity index (χ0n) is 23.5. The van der Waals surface area contributed by atoms with Crippen LogP contribution >= 0.6 is 22.6 Å². The smallest absolute Gasteiger partial charge is 0.336 e. The minimum Gasteiger partial charge on any atom is -0.497 e. The van der Waals surface area contributed by atoms with Gasteiger partial charge in [0.2, 0.25) is 5.91 Å². The first kappa shape index (κ1) is 29.8. The molecule has 2 N–H and O–H groups in total. The van der Waals surface area contributed by atoms with E-state index in [2.05, 4.69) is 10.6 Å². The molecule has 43 heavy (non-hydrogen) atoms. The molecule has 3 aromatic carbocycles. The maximum atomic E-state index is 14.7. The predicted octanol–water partition coefficient (Wildman–Crippen LogP) is 4.22. The Kier molecular flexibility index (Phi) is 8.48. The standard InChI is InChI=1S/C31H27FIN5O5/c1-18(39)35-21-5-4-6-22(14-21)38-28-24(15-34-27-12-9-20(33)13-26(27)32)29(40)36(2)17-25(28)30(41)37(31(38)42)16-19-7-10-23(43-3)11-8-19/h4-14,17,34H,15-16H2,1-3H3,(H,35,39). The van der Waals surface area contributed by atoms with Gasteiger partial charge in [0.15, 0.2) is 0 Å². The Balaban J connectivity index is 1.78. The molecular formula is C31H27FIN5O5. The number of methoxy groups -OCH3 is 1. The van der Waals surface area contributed by atoms with Crippen molar-refractivity contribution in [1.82, 2.24) is 13.7 Å². The Morgan fingerprint density at radius 1 is 1.00 bits per heavy atom. The predicted molar refractivity (Wildman–Crippen MR) is 172 cm³/mol. The van der Waals surface area contributed by atoms with Gasteiger partial charge >= 0.3 is 5.69 Å². The van der Waals surface area contributed by atoms with Crippen LogP contribution in [0.3, 0.4) is 0 Å². The van der Waals surface area contributed by atoms with Gasteiger partial charge in [-0.3, -0.25) is 23.5 Å². The second-order valence-corrected chi connectivity index (χ2v) is 11.1. The molecule has 10 nitrogen and oxygen atoms in total. The summed E-state index contributed by atoms with van der Waals surface area (Å²) in [6.45, 7) is 1.14. The van der Waals surface area contributed by atoms with Crippen molar-refractivity contribution in [1.29, 1.82) is 0 Å². The van der Waals surface area contributed by atoms with E-state index < -0.39 is 22.6 Å². The number of aromatic nitrogens is 3. The third-order valence-corrected chi connectivity index (χ3v) is 7.55. The summed E-state index contributed by atoms with van der Waals surface area (Å²) in [5.41, 5.74) is 0.000861. The fourth-order valence-electron chi connectivity index (χ4n) is 4.84. The van der Waals surface area contributed by atoms with Gasteiger partial charge in [0, 0.05) is 36.0 Å². The van der Waals surface area contributed by atoms with E-state index in [9.17, 15) is 23.6 Å². The van der Waals surface area contributed by atoms with Gasteiger partial charge in [-0.25, -0.2) is 9.18 Å². The summed E-state index contributed by atoms with van der Waals surface area (Å²) in [5, 5.41) is 5.76. The molecule has 0 aliphatic heterocycles. The number of carbonyl (C=O) groups excluding carboxylic acids is 1. The van der Waals surface area contributed by atoms with Gasteiger partial charge in [0.1, 0.15) is 11.6 Å². The van der Waals surface area contributed by atoms with Crippen molar-refractivity contribution in [3.05, 3.63) is 125 Å². The number of nitrogens with zero attached hydrogens (tertiary/aromatic N) is 3. The van der Waals surface area contributed by atoms with E-state index in [0.29, 0.717) is 26.3 Å². The Hall–Kier alpha value is -4.72. The number of benzene rings is 3. The first-order chi connectivity index (χ1) is 20.6. The Labute approximate surface area is 258 Å². The second-order valence-electron chi connectivity index (χ2n) is 9.85. The number of rotatable bonds is 8. The lowest BCUT2D eigenvalue weighted by Gasteiger charge is -2.19. The van der Waals surface area contributed by atoms with Crippen LogP contribution in [0.2, 0.25) is 0 Å². The highest BCUT2D eigenvalue weighted by atomic mass is 127. The number of nitrogens with one attached hydrogen (secondary N) is 2. The second kappa shape index (κ2) is 12.3. The van der Waals surface area contributed by atoms with Crippen molar-refractivity contribution in [2.75, 3.05) is 17.7 Å². The summed E-state index contributed by atoms with van der Waals surface area (Å²) >= 11 is 2.00. The maximum absolute atomic E-state index is 14.7. The van der Waals surface area contributed by atoms with Crippen LogP contribution in [0.15, 0.2) is 87.3 Å². The lowest BCUT2D eigenvalue weighted by molar-refractivity contribution is -0.114. The summed E-state index contributed by atoms with van der Waals surface area (Å²) in [6, 6.07) is 18.1. The summed E-state index contributed by atoms with van der Waals surface area (Å²) in [7, 11) is 3.05. The number of fused-ring (bicyclic) bond motifs is 1. The average Bonchev–Trinajstić information content (AvgIpc) is 2.97. The number of halogens is 2. The molecule has 5 rings (SSSR count). The molecule has 1 amide bonds. The van der Waals surface area contributed by atoms with Gasteiger partial charge < -0.3 is 19.9 Å². The molecule has 2 aromatic heterocycles. The first-order valence-corrected chi connectivity index (χ1v) is 14.2. The van der Waals surface area contributed by atoms with E-state index in [1.54, 1.807) is 67.8 Å². The molecular weight excluding hydrogens is 668 g/mol. The summed E-state index contributed by atoms with van der Waals surface area (Å²) < 4.78 is 24.2. The fraction of sp³-hybridized carbons (Fsp3) is 0.161. The number of aryl methyl sites for hydroxylation is 1. The molecule has 0 bridgehead atoms. The van der Waals surface area contributed by atoms with Gasteiger partial charge in [-0.15, -0.1) is 0 Å². The Morgan fingerprint density at radius 3 is 2.42 bits per heavy atom. The number of hydrogen-bond acceptors (Lipinski definition) is 6.